The number of rotatable bonds is 17. The molecule has 0 saturated heterocycles. The number of nitrogens with one attached hydrogen (secondary N) is 2. The monoisotopic (exact) mass is 711 g/mol. The molecule has 0 aliphatic carbocycles. The number of fused-ring (bicyclic) bond motifs is 1. The van der Waals surface area contributed by atoms with Gasteiger partial charge in [0.1, 0.15) is 11.9 Å². The van der Waals surface area contributed by atoms with Crippen LogP contribution in [0.25, 0.3) is 0 Å². The number of hydrogen-bond donors (Lipinski definition) is 6. The number of benzene rings is 4. The molecule has 12 nitrogen and oxygen atoms in total. The Morgan fingerprint density at radius 3 is 2.10 bits per heavy atom. The largest absolute Gasteiger partial charge is 0.493 e. The summed E-state index contributed by atoms with van der Waals surface area (Å²) in [5.74, 6) is 1.71. The van der Waals surface area contributed by atoms with Gasteiger partial charge >= 0.3 is 0 Å². The first-order chi connectivity index (χ1) is 25.5. The minimum Gasteiger partial charge on any atom is -0.493 e. The summed E-state index contributed by atoms with van der Waals surface area (Å²) in [4.78, 5) is 18.3. The van der Waals surface area contributed by atoms with Crippen molar-refractivity contribution in [3.05, 3.63) is 117 Å². The Morgan fingerprint density at radius 1 is 0.731 bits per heavy atom. The number of aliphatic hydroxyl groups is 4. The van der Waals surface area contributed by atoms with Crippen molar-refractivity contribution < 1.29 is 44.3 Å². The van der Waals surface area contributed by atoms with Crippen LogP contribution in [0.3, 0.4) is 0 Å². The van der Waals surface area contributed by atoms with Gasteiger partial charge in [0.2, 0.25) is 0 Å². The third kappa shape index (κ3) is 8.32. The Morgan fingerprint density at radius 2 is 1.40 bits per heavy atom. The second kappa shape index (κ2) is 17.4. The summed E-state index contributed by atoms with van der Waals surface area (Å²) >= 11 is 0. The van der Waals surface area contributed by atoms with Gasteiger partial charge in [-0.1, -0.05) is 29.4 Å². The Labute approximate surface area is 302 Å². The zero-order valence-corrected chi connectivity index (χ0v) is 29.1. The second-order valence-electron chi connectivity index (χ2n) is 12.7. The molecule has 0 radical (unpaired) electrons. The molecule has 6 N–H and O–H groups in total. The van der Waals surface area contributed by atoms with Crippen LogP contribution in [0.1, 0.15) is 93.7 Å². The summed E-state index contributed by atoms with van der Waals surface area (Å²) in [6, 6.07) is 22.2. The molecule has 12 heteroatoms. The molecule has 4 aromatic rings. The number of anilines is 1. The molecule has 0 fully saturated rings. The smallest absolute Gasteiger partial charge is 0.255 e. The quantitative estimate of drug-likeness (QED) is 0.0780. The number of hydrogen-bond acceptors (Lipinski definition) is 11. The van der Waals surface area contributed by atoms with Gasteiger partial charge in [-0.25, -0.2) is 0 Å². The molecule has 4 aromatic carbocycles. The fraction of sp³-hybridized carbons (Fsp3) is 0.350. The lowest BCUT2D eigenvalue weighted by Gasteiger charge is -2.28. The van der Waals surface area contributed by atoms with Crippen LogP contribution < -0.4 is 24.8 Å². The maximum absolute atomic E-state index is 12.6. The molecule has 6 rings (SSSR count). The molecule has 0 spiro atoms. The molecule has 2 unspecified atom stereocenters. The predicted molar refractivity (Wildman–Crippen MR) is 194 cm³/mol. The molecule has 0 bridgehead atoms. The summed E-state index contributed by atoms with van der Waals surface area (Å²) < 4.78 is 17.7. The number of ether oxygens (including phenoxy) is 3. The Balaban J connectivity index is 0.948. The van der Waals surface area contributed by atoms with E-state index in [-0.39, 0.29) is 38.4 Å². The maximum atomic E-state index is 12.6. The van der Waals surface area contributed by atoms with E-state index < -0.39 is 6.17 Å². The first-order valence-electron chi connectivity index (χ1n) is 17.5. The Hall–Kier alpha value is -5.14. The lowest BCUT2D eigenvalue weighted by atomic mass is 9.94. The Kier molecular flexibility index (Phi) is 12.3. The van der Waals surface area contributed by atoms with Gasteiger partial charge in [-0.2, -0.15) is 0 Å². The van der Waals surface area contributed by atoms with E-state index in [1.807, 2.05) is 54.6 Å². The number of carbonyl (C=O) groups excluding carboxylic acids is 1. The highest BCUT2D eigenvalue weighted by atomic mass is 16.6. The third-order valence-corrected chi connectivity index (χ3v) is 9.38. The van der Waals surface area contributed by atoms with E-state index in [0.717, 1.165) is 48.1 Å². The normalized spacial score (nSPS) is 16.3. The zero-order chi connectivity index (χ0) is 36.5. The first kappa shape index (κ1) is 36.6. The fourth-order valence-electron chi connectivity index (χ4n) is 6.52. The number of amides is 1. The number of methoxy groups -OCH3 is 1. The predicted octanol–water partition coefficient (Wildman–Crippen LogP) is 5.40. The highest BCUT2D eigenvalue weighted by Gasteiger charge is 2.27. The van der Waals surface area contributed by atoms with Crippen molar-refractivity contribution in [3.63, 3.8) is 0 Å². The van der Waals surface area contributed by atoms with Crippen LogP contribution in [-0.2, 0) is 31.3 Å². The Bertz CT molecular complexity index is 1870. The van der Waals surface area contributed by atoms with Crippen molar-refractivity contribution in [1.29, 1.82) is 0 Å². The van der Waals surface area contributed by atoms with Gasteiger partial charge < -0.3 is 50.1 Å². The van der Waals surface area contributed by atoms with Crippen molar-refractivity contribution in [2.45, 2.75) is 70.8 Å². The van der Waals surface area contributed by atoms with E-state index in [4.69, 9.17) is 19.0 Å². The van der Waals surface area contributed by atoms with Crippen LogP contribution in [0.4, 0.5) is 5.69 Å². The molecular weight excluding hydrogens is 666 g/mol. The van der Waals surface area contributed by atoms with Crippen molar-refractivity contribution in [1.82, 2.24) is 5.32 Å². The van der Waals surface area contributed by atoms with E-state index in [1.54, 1.807) is 25.3 Å². The standard InChI is InChI=1S/C40H45N3O9/c1-49-36-13-10-25(37-20-34(43-52-37)27-17-28(21-44)32(24-47)29(18-27)22-45)19-38(36)51-15-7-3-2-6-14-50-35-12-11-26(16-30(35)23-46)39-41-33-9-5-4-8-31(33)40(48)42-39/h4-5,8-13,16-19,37,39,41,44-47H,2-3,6-7,14-15,20-24H2,1H3,(H,42,48). The van der Waals surface area contributed by atoms with Gasteiger partial charge in [-0.3, -0.25) is 4.79 Å². The van der Waals surface area contributed by atoms with Gasteiger partial charge in [-0.15, -0.1) is 0 Å². The van der Waals surface area contributed by atoms with E-state index in [9.17, 15) is 25.2 Å². The summed E-state index contributed by atoms with van der Waals surface area (Å²) in [5.41, 5.74) is 6.75. The minimum absolute atomic E-state index is 0.146. The van der Waals surface area contributed by atoms with E-state index >= 15 is 0 Å². The molecule has 52 heavy (non-hydrogen) atoms. The molecule has 2 heterocycles. The number of unbranched alkanes of at least 4 members (excludes halogenated alkanes) is 3. The van der Waals surface area contributed by atoms with Gasteiger partial charge in [-0.05, 0) is 102 Å². The SMILES string of the molecule is COc1ccc(C2CC(c3cc(CO)c(CO)c(CO)c3)=NO2)cc1OCCCCCCOc1ccc(C2NC(=O)c3ccccc3N2)cc1CO. The fourth-order valence-corrected chi connectivity index (χ4v) is 6.52. The van der Waals surface area contributed by atoms with Crippen molar-refractivity contribution >= 4 is 17.3 Å². The van der Waals surface area contributed by atoms with Gasteiger partial charge in [0.25, 0.3) is 5.91 Å². The minimum atomic E-state index is -0.408. The number of para-hydroxylation sites is 1. The molecular formula is C40H45N3O9. The molecule has 274 valence electrons. The number of nitrogens with zero attached hydrogens (tertiary/aromatic N) is 1. The van der Waals surface area contributed by atoms with Gasteiger partial charge in [0, 0.05) is 23.2 Å². The summed E-state index contributed by atoms with van der Waals surface area (Å²) in [7, 11) is 1.60. The van der Waals surface area contributed by atoms with Crippen LogP contribution in [0.2, 0.25) is 0 Å². The number of carbonyl (C=O) groups is 1. The zero-order valence-electron chi connectivity index (χ0n) is 29.1. The van der Waals surface area contributed by atoms with Crippen molar-refractivity contribution in [2.24, 2.45) is 5.16 Å². The highest BCUT2D eigenvalue weighted by molar-refractivity contribution is 6.02. The molecule has 0 saturated carbocycles. The summed E-state index contributed by atoms with van der Waals surface area (Å²) in [6.45, 7) is 0.0296. The summed E-state index contributed by atoms with van der Waals surface area (Å²) in [5, 5.41) is 49.9. The average Bonchev–Trinajstić information content (AvgIpc) is 3.69. The van der Waals surface area contributed by atoms with Crippen molar-refractivity contribution in [2.75, 3.05) is 25.6 Å². The number of aliphatic hydroxyl groups excluding tert-OH is 4. The molecule has 2 atom stereocenters. The lowest BCUT2D eigenvalue weighted by Crippen LogP contribution is -2.38. The number of oxime groups is 1. The third-order valence-electron chi connectivity index (χ3n) is 9.38. The van der Waals surface area contributed by atoms with Crippen LogP contribution in [-0.4, -0.2) is 52.4 Å². The van der Waals surface area contributed by atoms with Crippen LogP contribution in [0.15, 0.2) is 78.0 Å². The topological polar surface area (TPSA) is 171 Å². The molecule has 2 aliphatic heterocycles. The van der Waals surface area contributed by atoms with Gasteiger partial charge in [0.05, 0.1) is 58.0 Å². The lowest BCUT2D eigenvalue weighted by molar-refractivity contribution is 0.0854. The van der Waals surface area contributed by atoms with E-state index in [0.29, 0.717) is 70.4 Å². The van der Waals surface area contributed by atoms with E-state index in [1.165, 1.54) is 0 Å². The molecule has 0 aromatic heterocycles. The van der Waals surface area contributed by atoms with Crippen LogP contribution in [0, 0.1) is 0 Å². The highest BCUT2D eigenvalue weighted by Crippen LogP contribution is 2.36. The molecule has 2 aliphatic rings. The van der Waals surface area contributed by atoms with Crippen LogP contribution in [0.5, 0.6) is 17.2 Å². The summed E-state index contributed by atoms with van der Waals surface area (Å²) in [6.07, 6.45) is 3.29. The maximum Gasteiger partial charge on any atom is 0.255 e. The first-order valence-corrected chi connectivity index (χ1v) is 17.5. The van der Waals surface area contributed by atoms with Gasteiger partial charge in [0.15, 0.2) is 17.6 Å². The van der Waals surface area contributed by atoms with Crippen LogP contribution >= 0.6 is 0 Å². The molecule has 1 amide bonds. The van der Waals surface area contributed by atoms with E-state index in [2.05, 4.69) is 15.8 Å². The second-order valence-corrected chi connectivity index (χ2v) is 12.7. The average molecular weight is 712 g/mol. The van der Waals surface area contributed by atoms with Crippen molar-refractivity contribution in [3.8, 4) is 17.2 Å².